The van der Waals surface area contributed by atoms with E-state index in [-0.39, 0.29) is 23.6 Å². The summed E-state index contributed by atoms with van der Waals surface area (Å²) in [7, 11) is 1.59. The molecular formula is C25H23BrN2O4. The molecule has 0 bridgehead atoms. The molecule has 7 heteroatoms. The van der Waals surface area contributed by atoms with Gasteiger partial charge in [0.1, 0.15) is 6.04 Å². The number of carbonyl (C=O) groups is 3. The first-order chi connectivity index (χ1) is 15.5. The summed E-state index contributed by atoms with van der Waals surface area (Å²) in [6.45, 7) is 0.779. The van der Waals surface area contributed by atoms with Gasteiger partial charge in [-0.25, -0.2) is 0 Å². The van der Waals surface area contributed by atoms with Gasteiger partial charge in [0.25, 0.3) is 0 Å². The SMILES string of the molecule is COCCCN1C(=O)[C@H]2[C@H](C1=O)[C@H](C(=O)c1ccccc1)N1c3ccc(Br)cc3C=C[C@H]21. The molecule has 0 unspecified atom stereocenters. The molecule has 3 aliphatic heterocycles. The normalized spacial score (nSPS) is 25.7. The number of Topliss-reactive ketones (excluding diaryl/α,β-unsaturated/α-hetero) is 1. The Hall–Kier alpha value is -2.77. The highest BCUT2D eigenvalue weighted by Crippen LogP contribution is 2.49. The van der Waals surface area contributed by atoms with Crippen molar-refractivity contribution in [3.8, 4) is 0 Å². The van der Waals surface area contributed by atoms with Crippen LogP contribution in [0.2, 0.25) is 0 Å². The van der Waals surface area contributed by atoms with Crippen molar-refractivity contribution in [1.82, 2.24) is 4.90 Å². The highest BCUT2D eigenvalue weighted by molar-refractivity contribution is 9.10. The molecule has 3 aliphatic rings. The van der Waals surface area contributed by atoms with Crippen molar-refractivity contribution in [2.45, 2.75) is 18.5 Å². The van der Waals surface area contributed by atoms with E-state index < -0.39 is 17.9 Å². The van der Waals surface area contributed by atoms with Crippen LogP contribution in [0.15, 0.2) is 59.1 Å². The Morgan fingerprint density at radius 1 is 1.06 bits per heavy atom. The van der Waals surface area contributed by atoms with Gasteiger partial charge in [-0.1, -0.05) is 58.4 Å². The van der Waals surface area contributed by atoms with E-state index in [1.807, 2.05) is 53.5 Å². The molecular weight excluding hydrogens is 472 g/mol. The van der Waals surface area contributed by atoms with Crippen LogP contribution in [0.5, 0.6) is 0 Å². The van der Waals surface area contributed by atoms with E-state index in [9.17, 15) is 14.4 Å². The van der Waals surface area contributed by atoms with Gasteiger partial charge in [-0.2, -0.15) is 0 Å². The molecule has 0 N–H and O–H groups in total. The highest BCUT2D eigenvalue weighted by Gasteiger charge is 2.63. The summed E-state index contributed by atoms with van der Waals surface area (Å²) < 4.78 is 6.02. The molecule has 5 rings (SSSR count). The first-order valence-corrected chi connectivity index (χ1v) is 11.5. The first kappa shape index (κ1) is 21.1. The number of amides is 2. The van der Waals surface area contributed by atoms with Crippen LogP contribution in [0.4, 0.5) is 5.69 Å². The minimum absolute atomic E-state index is 0.132. The Morgan fingerprint density at radius 3 is 2.56 bits per heavy atom. The number of likely N-dealkylation sites (tertiary alicyclic amines) is 1. The molecule has 164 valence electrons. The van der Waals surface area contributed by atoms with Crippen LogP contribution in [0.1, 0.15) is 22.3 Å². The first-order valence-electron chi connectivity index (χ1n) is 10.7. The third-order valence-corrected chi connectivity index (χ3v) is 7.11. The van der Waals surface area contributed by atoms with Crippen LogP contribution < -0.4 is 4.90 Å². The van der Waals surface area contributed by atoms with E-state index >= 15 is 0 Å². The van der Waals surface area contributed by atoms with Crippen molar-refractivity contribution < 1.29 is 19.1 Å². The van der Waals surface area contributed by atoms with Gasteiger partial charge in [-0.05, 0) is 30.2 Å². The summed E-state index contributed by atoms with van der Waals surface area (Å²) in [5.41, 5.74) is 2.37. The smallest absolute Gasteiger partial charge is 0.235 e. The molecule has 2 saturated heterocycles. The zero-order chi connectivity index (χ0) is 22.4. The van der Waals surface area contributed by atoms with E-state index in [0.29, 0.717) is 25.1 Å². The number of hydrogen-bond donors (Lipinski definition) is 0. The summed E-state index contributed by atoms with van der Waals surface area (Å²) in [5.74, 6) is -1.86. The maximum atomic E-state index is 13.8. The molecule has 2 amide bonds. The van der Waals surface area contributed by atoms with E-state index in [2.05, 4.69) is 15.9 Å². The highest BCUT2D eigenvalue weighted by atomic mass is 79.9. The van der Waals surface area contributed by atoms with E-state index in [4.69, 9.17) is 4.74 Å². The molecule has 0 aromatic heterocycles. The van der Waals surface area contributed by atoms with Crippen LogP contribution in [-0.2, 0) is 14.3 Å². The molecule has 2 aromatic carbocycles. The minimum Gasteiger partial charge on any atom is -0.385 e. The number of benzene rings is 2. The average molecular weight is 495 g/mol. The van der Waals surface area contributed by atoms with E-state index in [1.54, 1.807) is 19.2 Å². The molecule has 0 spiro atoms. The zero-order valence-corrected chi connectivity index (χ0v) is 19.2. The molecule has 2 aromatic rings. The number of ketones is 1. The second kappa shape index (κ2) is 8.30. The number of fused-ring (bicyclic) bond motifs is 5. The zero-order valence-electron chi connectivity index (χ0n) is 17.6. The molecule has 6 nitrogen and oxygen atoms in total. The van der Waals surface area contributed by atoms with E-state index in [1.165, 1.54) is 4.90 Å². The third-order valence-electron chi connectivity index (χ3n) is 6.62. The summed E-state index contributed by atoms with van der Waals surface area (Å²) in [6.07, 6.45) is 4.53. The Morgan fingerprint density at radius 2 is 1.81 bits per heavy atom. The lowest BCUT2D eigenvalue weighted by Crippen LogP contribution is -2.48. The van der Waals surface area contributed by atoms with Gasteiger partial charge in [0.2, 0.25) is 11.8 Å². The lowest BCUT2D eigenvalue weighted by Gasteiger charge is -2.36. The third kappa shape index (κ3) is 3.22. The second-order valence-electron chi connectivity index (χ2n) is 8.36. The fourth-order valence-electron chi connectivity index (χ4n) is 5.27. The van der Waals surface area contributed by atoms with Crippen LogP contribution in [-0.4, -0.2) is 54.8 Å². The number of nitrogens with zero attached hydrogens (tertiary/aromatic N) is 2. The monoisotopic (exact) mass is 494 g/mol. The fraction of sp³-hybridized carbons (Fsp3) is 0.320. The molecule has 3 heterocycles. The van der Waals surface area contributed by atoms with Crippen molar-refractivity contribution in [2.75, 3.05) is 25.2 Å². The average Bonchev–Trinajstić information content (AvgIpc) is 3.27. The maximum absolute atomic E-state index is 13.8. The van der Waals surface area contributed by atoms with Gasteiger partial charge in [0.05, 0.1) is 17.9 Å². The molecule has 32 heavy (non-hydrogen) atoms. The molecule has 0 radical (unpaired) electrons. The van der Waals surface area contributed by atoms with E-state index in [0.717, 1.165) is 15.7 Å². The van der Waals surface area contributed by atoms with Gasteiger partial charge in [0.15, 0.2) is 5.78 Å². The van der Waals surface area contributed by atoms with Crippen molar-refractivity contribution in [3.63, 3.8) is 0 Å². The quantitative estimate of drug-likeness (QED) is 0.349. The van der Waals surface area contributed by atoms with Crippen LogP contribution in [0.3, 0.4) is 0 Å². The van der Waals surface area contributed by atoms with Gasteiger partial charge in [-0.3, -0.25) is 19.3 Å². The van der Waals surface area contributed by atoms with Crippen LogP contribution in [0, 0.1) is 11.8 Å². The fourth-order valence-corrected chi connectivity index (χ4v) is 5.65. The maximum Gasteiger partial charge on any atom is 0.235 e. The minimum atomic E-state index is -0.735. The molecule has 0 saturated carbocycles. The Bertz CT molecular complexity index is 1120. The number of carbonyl (C=O) groups excluding carboxylic acids is 3. The van der Waals surface area contributed by atoms with Gasteiger partial charge >= 0.3 is 0 Å². The lowest BCUT2D eigenvalue weighted by atomic mass is 9.86. The van der Waals surface area contributed by atoms with Crippen molar-refractivity contribution in [3.05, 3.63) is 70.2 Å². The summed E-state index contributed by atoms with van der Waals surface area (Å²) in [4.78, 5) is 44.0. The van der Waals surface area contributed by atoms with Crippen molar-refractivity contribution >= 4 is 45.3 Å². The predicted molar refractivity (Wildman–Crippen MR) is 124 cm³/mol. The van der Waals surface area contributed by atoms with Crippen LogP contribution in [0.25, 0.3) is 6.08 Å². The number of ether oxygens (including phenoxy) is 1. The summed E-state index contributed by atoms with van der Waals surface area (Å²) in [5, 5.41) is 0. The Labute approximate surface area is 195 Å². The number of anilines is 1. The van der Waals surface area contributed by atoms with Crippen molar-refractivity contribution in [1.29, 1.82) is 0 Å². The van der Waals surface area contributed by atoms with Crippen LogP contribution >= 0.6 is 15.9 Å². The second-order valence-corrected chi connectivity index (χ2v) is 9.28. The largest absolute Gasteiger partial charge is 0.385 e. The van der Waals surface area contributed by atoms with Gasteiger partial charge in [-0.15, -0.1) is 0 Å². The lowest BCUT2D eigenvalue weighted by molar-refractivity contribution is -0.140. The topological polar surface area (TPSA) is 66.9 Å². The molecule has 4 atom stereocenters. The van der Waals surface area contributed by atoms with Gasteiger partial charge in [0, 0.05) is 36.0 Å². The number of hydrogen-bond acceptors (Lipinski definition) is 5. The molecule has 2 fully saturated rings. The Kier molecular flexibility index (Phi) is 5.47. The molecule has 0 aliphatic carbocycles. The number of rotatable bonds is 6. The Balaban J connectivity index is 1.59. The summed E-state index contributed by atoms with van der Waals surface area (Å²) in [6, 6.07) is 13.8. The number of halogens is 1. The van der Waals surface area contributed by atoms with Gasteiger partial charge < -0.3 is 9.64 Å². The van der Waals surface area contributed by atoms with Crippen molar-refractivity contribution in [2.24, 2.45) is 11.8 Å². The standard InChI is InChI=1S/C25H23BrN2O4/c1-32-13-5-12-27-24(30)20-19-10-8-16-14-17(26)9-11-18(16)28(19)22(21(20)25(27)31)23(29)15-6-3-2-4-7-15/h2-4,6-11,14,19-22H,5,12-13H2,1H3/t19-,20-,21+,22-/m1/s1. The number of imide groups is 1. The summed E-state index contributed by atoms with van der Waals surface area (Å²) >= 11 is 3.50. The predicted octanol–water partition coefficient (Wildman–Crippen LogP) is 3.55. The number of methoxy groups -OCH3 is 1.